The Kier molecular flexibility index (Phi) is 3.64. The fourth-order valence-electron chi connectivity index (χ4n) is 1.54. The number of alkyl halides is 3. The smallest absolute Gasteiger partial charge is 0.383 e. The Bertz CT molecular complexity index is 564. The van der Waals surface area contributed by atoms with Gasteiger partial charge in [0.1, 0.15) is 0 Å². The summed E-state index contributed by atoms with van der Waals surface area (Å²) in [5.74, 6) is -1.31. The number of thiophene rings is 1. The average molecular weight is 292 g/mol. The van der Waals surface area contributed by atoms with E-state index in [1.54, 1.807) is 5.38 Å². The Morgan fingerprint density at radius 3 is 2.58 bits per heavy atom. The standard InChI is InChI=1S/C11H11F3N2O2S/c1-5-3-19-4-7(5)9-15-10(18-16-9)6(2)8(17)11(12,13)14/h3-4,6,8,17H,1-2H3. The van der Waals surface area contributed by atoms with Crippen LogP contribution in [-0.4, -0.2) is 27.5 Å². The maximum Gasteiger partial charge on any atom is 0.415 e. The Morgan fingerprint density at radius 2 is 2.05 bits per heavy atom. The highest BCUT2D eigenvalue weighted by Gasteiger charge is 2.44. The molecular weight excluding hydrogens is 281 g/mol. The quantitative estimate of drug-likeness (QED) is 0.944. The van der Waals surface area contributed by atoms with Gasteiger partial charge in [-0.15, -0.1) is 0 Å². The molecule has 2 atom stereocenters. The molecule has 0 saturated carbocycles. The van der Waals surface area contributed by atoms with Gasteiger partial charge >= 0.3 is 6.18 Å². The molecule has 104 valence electrons. The second kappa shape index (κ2) is 4.93. The first kappa shape index (κ1) is 14.0. The van der Waals surface area contributed by atoms with Crippen LogP contribution in [0.25, 0.3) is 11.4 Å². The number of hydrogen-bond acceptors (Lipinski definition) is 5. The molecular formula is C11H11F3N2O2S. The Labute approximate surface area is 110 Å². The van der Waals surface area contributed by atoms with Gasteiger partial charge in [0.05, 0.1) is 5.92 Å². The van der Waals surface area contributed by atoms with Gasteiger partial charge in [-0.2, -0.15) is 29.5 Å². The summed E-state index contributed by atoms with van der Waals surface area (Å²) in [5.41, 5.74) is 1.63. The number of aryl methyl sites for hydroxylation is 1. The molecule has 8 heteroatoms. The first-order valence-electron chi connectivity index (χ1n) is 5.42. The van der Waals surface area contributed by atoms with Crippen molar-refractivity contribution in [1.82, 2.24) is 10.1 Å². The molecule has 0 aliphatic carbocycles. The van der Waals surface area contributed by atoms with Crippen LogP contribution in [0.1, 0.15) is 24.3 Å². The molecule has 0 amide bonds. The normalized spacial score (nSPS) is 15.5. The molecule has 0 aliphatic rings. The minimum Gasteiger partial charge on any atom is -0.383 e. The van der Waals surface area contributed by atoms with E-state index in [0.29, 0.717) is 5.56 Å². The van der Waals surface area contributed by atoms with Crippen LogP contribution in [0.3, 0.4) is 0 Å². The molecule has 4 nitrogen and oxygen atoms in total. The van der Waals surface area contributed by atoms with Crippen LogP contribution in [-0.2, 0) is 0 Å². The van der Waals surface area contributed by atoms with E-state index in [2.05, 4.69) is 10.1 Å². The van der Waals surface area contributed by atoms with Crippen LogP contribution in [0.2, 0.25) is 0 Å². The lowest BCUT2D eigenvalue weighted by atomic mass is 10.0. The third kappa shape index (κ3) is 2.79. The molecule has 0 saturated heterocycles. The number of hydrogen-bond donors (Lipinski definition) is 1. The average Bonchev–Trinajstić information content (AvgIpc) is 2.93. The molecule has 0 aliphatic heterocycles. The minimum atomic E-state index is -4.72. The zero-order valence-electron chi connectivity index (χ0n) is 10.1. The summed E-state index contributed by atoms with van der Waals surface area (Å²) in [7, 11) is 0. The predicted octanol–water partition coefficient (Wildman–Crippen LogP) is 3.13. The number of aliphatic hydroxyl groups excluding tert-OH is 1. The monoisotopic (exact) mass is 292 g/mol. The summed E-state index contributed by atoms with van der Waals surface area (Å²) in [5, 5.41) is 16.5. The van der Waals surface area contributed by atoms with Crippen molar-refractivity contribution in [2.45, 2.75) is 32.0 Å². The number of halogens is 3. The van der Waals surface area contributed by atoms with E-state index in [0.717, 1.165) is 5.56 Å². The van der Waals surface area contributed by atoms with Crippen LogP contribution < -0.4 is 0 Å². The van der Waals surface area contributed by atoms with Gasteiger partial charge in [0, 0.05) is 10.9 Å². The second-order valence-electron chi connectivity index (χ2n) is 4.20. The SMILES string of the molecule is Cc1cscc1-c1noc(C(C)C(O)C(F)(F)F)n1. The van der Waals surface area contributed by atoms with Gasteiger partial charge in [-0.3, -0.25) is 0 Å². The van der Waals surface area contributed by atoms with E-state index in [9.17, 15) is 13.2 Å². The van der Waals surface area contributed by atoms with Crippen LogP contribution in [0.5, 0.6) is 0 Å². The first-order chi connectivity index (χ1) is 8.80. The van der Waals surface area contributed by atoms with Crippen LogP contribution >= 0.6 is 11.3 Å². The van der Waals surface area contributed by atoms with Gasteiger partial charge in [0.25, 0.3) is 0 Å². The molecule has 2 rings (SSSR count). The highest BCUT2D eigenvalue weighted by atomic mass is 32.1. The molecule has 2 aromatic heterocycles. The van der Waals surface area contributed by atoms with E-state index >= 15 is 0 Å². The lowest BCUT2D eigenvalue weighted by Gasteiger charge is -2.17. The van der Waals surface area contributed by atoms with Crippen molar-refractivity contribution in [3.63, 3.8) is 0 Å². The predicted molar refractivity (Wildman–Crippen MR) is 62.8 cm³/mol. The van der Waals surface area contributed by atoms with Gasteiger partial charge in [-0.25, -0.2) is 0 Å². The van der Waals surface area contributed by atoms with Crippen LogP contribution in [0.4, 0.5) is 13.2 Å². The van der Waals surface area contributed by atoms with E-state index in [1.165, 1.54) is 18.3 Å². The summed E-state index contributed by atoms with van der Waals surface area (Å²) in [6.45, 7) is 3.03. The van der Waals surface area contributed by atoms with Crippen molar-refractivity contribution in [2.75, 3.05) is 0 Å². The maximum atomic E-state index is 12.4. The van der Waals surface area contributed by atoms with E-state index < -0.39 is 18.2 Å². The van der Waals surface area contributed by atoms with Crippen molar-refractivity contribution in [3.05, 3.63) is 22.2 Å². The van der Waals surface area contributed by atoms with Gasteiger partial charge < -0.3 is 9.63 Å². The van der Waals surface area contributed by atoms with Crippen molar-refractivity contribution in [2.24, 2.45) is 0 Å². The van der Waals surface area contributed by atoms with Gasteiger partial charge in [0.2, 0.25) is 11.7 Å². The summed E-state index contributed by atoms with van der Waals surface area (Å²) in [6, 6.07) is 0. The Balaban J connectivity index is 2.25. The summed E-state index contributed by atoms with van der Waals surface area (Å²) in [6.07, 6.45) is -7.24. The van der Waals surface area contributed by atoms with Crippen LogP contribution in [0, 0.1) is 6.92 Å². The van der Waals surface area contributed by atoms with Crippen molar-refractivity contribution >= 4 is 11.3 Å². The Hall–Kier alpha value is -1.41. The van der Waals surface area contributed by atoms with E-state index in [1.807, 2.05) is 12.3 Å². The first-order valence-corrected chi connectivity index (χ1v) is 6.36. The van der Waals surface area contributed by atoms with E-state index in [-0.39, 0.29) is 11.7 Å². The highest BCUT2D eigenvalue weighted by molar-refractivity contribution is 7.08. The highest BCUT2D eigenvalue weighted by Crippen LogP contribution is 2.32. The molecule has 1 N–H and O–H groups in total. The lowest BCUT2D eigenvalue weighted by molar-refractivity contribution is -0.210. The molecule has 0 bridgehead atoms. The Morgan fingerprint density at radius 1 is 1.37 bits per heavy atom. The molecule has 0 radical (unpaired) electrons. The third-order valence-electron chi connectivity index (χ3n) is 2.74. The van der Waals surface area contributed by atoms with E-state index in [4.69, 9.17) is 9.63 Å². The molecule has 2 aromatic rings. The fourth-order valence-corrected chi connectivity index (χ4v) is 2.36. The zero-order chi connectivity index (χ0) is 14.2. The van der Waals surface area contributed by atoms with Crippen LogP contribution in [0.15, 0.2) is 15.3 Å². The summed E-state index contributed by atoms with van der Waals surface area (Å²) in [4.78, 5) is 3.92. The number of nitrogens with zero attached hydrogens (tertiary/aromatic N) is 2. The largest absolute Gasteiger partial charge is 0.415 e. The van der Waals surface area contributed by atoms with Crippen molar-refractivity contribution in [3.8, 4) is 11.4 Å². The van der Waals surface area contributed by atoms with Gasteiger partial charge in [-0.05, 0) is 17.9 Å². The minimum absolute atomic E-state index is 0.231. The third-order valence-corrected chi connectivity index (χ3v) is 3.60. The van der Waals surface area contributed by atoms with Gasteiger partial charge in [0.15, 0.2) is 6.10 Å². The topological polar surface area (TPSA) is 59.2 Å². The number of aromatic nitrogens is 2. The molecule has 0 fully saturated rings. The molecule has 2 unspecified atom stereocenters. The van der Waals surface area contributed by atoms with Crippen molar-refractivity contribution in [1.29, 1.82) is 0 Å². The lowest BCUT2D eigenvalue weighted by Crippen LogP contribution is -2.33. The second-order valence-corrected chi connectivity index (χ2v) is 4.94. The van der Waals surface area contributed by atoms with Gasteiger partial charge in [-0.1, -0.05) is 12.1 Å². The number of aliphatic hydroxyl groups is 1. The zero-order valence-corrected chi connectivity index (χ0v) is 10.9. The molecule has 0 aromatic carbocycles. The molecule has 0 spiro atoms. The number of rotatable bonds is 3. The fraction of sp³-hybridized carbons (Fsp3) is 0.455. The summed E-state index contributed by atoms with van der Waals surface area (Å²) < 4.78 is 42.0. The molecule has 19 heavy (non-hydrogen) atoms. The van der Waals surface area contributed by atoms with Crippen molar-refractivity contribution < 1.29 is 22.8 Å². The maximum absolute atomic E-state index is 12.4. The molecule has 2 heterocycles. The summed E-state index contributed by atoms with van der Waals surface area (Å²) >= 11 is 1.44.